The number of carbonyl (C=O) groups is 1. The Kier molecular flexibility index (Phi) is 5.08. The third-order valence-corrected chi connectivity index (χ3v) is 4.50. The summed E-state index contributed by atoms with van der Waals surface area (Å²) in [6.07, 6.45) is 3.55. The van der Waals surface area contributed by atoms with Crippen LogP contribution >= 0.6 is 22.6 Å². The van der Waals surface area contributed by atoms with Crippen molar-refractivity contribution in [2.75, 3.05) is 0 Å². The van der Waals surface area contributed by atoms with Gasteiger partial charge in [-0.2, -0.15) is 5.10 Å². The standard InChI is InChI=1S/C17H13IN4O3/c18-16-7-6-14(22(24)25)10-15(16)17(23)19-11-12-2-4-13(5-3-12)21-9-1-8-20-21/h1-10H,11H2,(H,19,23). The Balaban J connectivity index is 1.68. The molecule has 0 fully saturated rings. The van der Waals surface area contributed by atoms with Crippen LogP contribution in [-0.4, -0.2) is 20.6 Å². The number of halogens is 1. The highest BCUT2D eigenvalue weighted by Gasteiger charge is 2.15. The summed E-state index contributed by atoms with van der Waals surface area (Å²) in [4.78, 5) is 22.7. The SMILES string of the molecule is O=C(NCc1ccc(-n2cccn2)cc1)c1cc([N+](=O)[O-])ccc1I. The van der Waals surface area contributed by atoms with E-state index in [1.54, 1.807) is 16.9 Å². The molecule has 1 amide bonds. The lowest BCUT2D eigenvalue weighted by Crippen LogP contribution is -2.23. The minimum atomic E-state index is -0.513. The van der Waals surface area contributed by atoms with Crippen molar-refractivity contribution in [1.82, 2.24) is 15.1 Å². The average Bonchev–Trinajstić information content (AvgIpc) is 3.15. The zero-order chi connectivity index (χ0) is 17.8. The lowest BCUT2D eigenvalue weighted by Gasteiger charge is -2.08. The molecule has 1 N–H and O–H groups in total. The fourth-order valence-electron chi connectivity index (χ4n) is 2.27. The van der Waals surface area contributed by atoms with Gasteiger partial charge < -0.3 is 5.32 Å². The molecule has 2 aromatic carbocycles. The van der Waals surface area contributed by atoms with Crippen LogP contribution in [0.2, 0.25) is 0 Å². The predicted molar refractivity (Wildman–Crippen MR) is 101 cm³/mol. The maximum atomic E-state index is 12.3. The van der Waals surface area contributed by atoms with Crippen LogP contribution in [0.1, 0.15) is 15.9 Å². The van der Waals surface area contributed by atoms with Gasteiger partial charge in [0.05, 0.1) is 16.2 Å². The predicted octanol–water partition coefficient (Wildman–Crippen LogP) is 3.32. The second-order valence-electron chi connectivity index (χ2n) is 5.22. The monoisotopic (exact) mass is 448 g/mol. The smallest absolute Gasteiger partial charge is 0.270 e. The van der Waals surface area contributed by atoms with Crippen molar-refractivity contribution in [3.8, 4) is 5.69 Å². The fourth-order valence-corrected chi connectivity index (χ4v) is 2.85. The number of nitrogens with one attached hydrogen (secondary N) is 1. The van der Waals surface area contributed by atoms with Crippen LogP contribution < -0.4 is 5.32 Å². The Bertz CT molecular complexity index is 908. The van der Waals surface area contributed by atoms with Gasteiger partial charge >= 0.3 is 0 Å². The van der Waals surface area contributed by atoms with Crippen molar-refractivity contribution >= 4 is 34.2 Å². The van der Waals surface area contributed by atoms with E-state index < -0.39 is 4.92 Å². The molecule has 0 radical (unpaired) electrons. The largest absolute Gasteiger partial charge is 0.348 e. The third kappa shape index (κ3) is 4.02. The average molecular weight is 448 g/mol. The van der Waals surface area contributed by atoms with Crippen molar-refractivity contribution in [3.63, 3.8) is 0 Å². The van der Waals surface area contributed by atoms with E-state index >= 15 is 0 Å². The van der Waals surface area contributed by atoms with Crippen molar-refractivity contribution in [3.05, 3.63) is 85.7 Å². The molecule has 0 unspecified atom stereocenters. The highest BCUT2D eigenvalue weighted by atomic mass is 127. The topological polar surface area (TPSA) is 90.1 Å². The van der Waals surface area contributed by atoms with E-state index in [1.165, 1.54) is 12.1 Å². The highest BCUT2D eigenvalue weighted by Crippen LogP contribution is 2.19. The Morgan fingerprint density at radius 2 is 2.00 bits per heavy atom. The Hall–Kier alpha value is -2.75. The molecule has 3 aromatic rings. The molecule has 3 rings (SSSR count). The number of carbonyl (C=O) groups excluding carboxylic acids is 1. The van der Waals surface area contributed by atoms with E-state index in [1.807, 2.05) is 59.1 Å². The Morgan fingerprint density at radius 3 is 2.64 bits per heavy atom. The fraction of sp³-hybridized carbons (Fsp3) is 0.0588. The van der Waals surface area contributed by atoms with Crippen LogP contribution in [0.25, 0.3) is 5.69 Å². The zero-order valence-corrected chi connectivity index (χ0v) is 15.1. The summed E-state index contributed by atoms with van der Waals surface area (Å²) in [5.41, 5.74) is 2.04. The molecule has 0 aliphatic rings. The number of rotatable bonds is 5. The molecule has 0 bridgehead atoms. The molecule has 0 spiro atoms. The first-order valence-electron chi connectivity index (χ1n) is 7.36. The molecule has 0 aliphatic carbocycles. The first-order valence-corrected chi connectivity index (χ1v) is 8.43. The van der Waals surface area contributed by atoms with E-state index in [2.05, 4.69) is 10.4 Å². The number of amides is 1. The van der Waals surface area contributed by atoms with Gasteiger partial charge in [0.25, 0.3) is 11.6 Å². The first kappa shape index (κ1) is 17.1. The summed E-state index contributed by atoms with van der Waals surface area (Å²) in [6, 6.07) is 13.7. The minimum absolute atomic E-state index is 0.103. The van der Waals surface area contributed by atoms with Gasteiger partial charge in [-0.25, -0.2) is 4.68 Å². The summed E-state index contributed by atoms with van der Waals surface area (Å²) < 4.78 is 2.41. The highest BCUT2D eigenvalue weighted by molar-refractivity contribution is 14.1. The summed E-state index contributed by atoms with van der Waals surface area (Å²) in [5, 5.41) is 17.8. The zero-order valence-electron chi connectivity index (χ0n) is 12.9. The van der Waals surface area contributed by atoms with E-state index in [0.717, 1.165) is 11.3 Å². The van der Waals surface area contributed by atoms with Gasteiger partial charge in [0.2, 0.25) is 0 Å². The second-order valence-corrected chi connectivity index (χ2v) is 6.38. The van der Waals surface area contributed by atoms with Gasteiger partial charge in [-0.05, 0) is 52.4 Å². The van der Waals surface area contributed by atoms with Gasteiger partial charge in [0.1, 0.15) is 0 Å². The molecule has 1 heterocycles. The van der Waals surface area contributed by atoms with Crippen LogP contribution in [0.3, 0.4) is 0 Å². The van der Waals surface area contributed by atoms with Crippen LogP contribution in [0.5, 0.6) is 0 Å². The molecule has 126 valence electrons. The summed E-state index contributed by atoms with van der Waals surface area (Å²) >= 11 is 1.99. The molecule has 0 saturated carbocycles. The minimum Gasteiger partial charge on any atom is -0.348 e. The number of nitro groups is 1. The molecular formula is C17H13IN4O3. The number of non-ortho nitro benzene ring substituents is 1. The third-order valence-electron chi connectivity index (χ3n) is 3.56. The van der Waals surface area contributed by atoms with E-state index in [9.17, 15) is 14.9 Å². The maximum absolute atomic E-state index is 12.3. The van der Waals surface area contributed by atoms with Crippen LogP contribution in [0.4, 0.5) is 5.69 Å². The molecular weight excluding hydrogens is 435 g/mol. The van der Waals surface area contributed by atoms with Gasteiger partial charge in [0, 0.05) is 34.6 Å². The van der Waals surface area contributed by atoms with Crippen LogP contribution in [0, 0.1) is 13.7 Å². The molecule has 1 aromatic heterocycles. The van der Waals surface area contributed by atoms with Gasteiger partial charge in [-0.3, -0.25) is 14.9 Å². The van der Waals surface area contributed by atoms with E-state index in [-0.39, 0.29) is 11.6 Å². The summed E-state index contributed by atoms with van der Waals surface area (Å²) in [5.74, 6) is -0.343. The van der Waals surface area contributed by atoms with E-state index in [4.69, 9.17) is 0 Å². The van der Waals surface area contributed by atoms with Crippen molar-refractivity contribution in [2.24, 2.45) is 0 Å². The Morgan fingerprint density at radius 1 is 1.24 bits per heavy atom. The lowest BCUT2D eigenvalue weighted by atomic mass is 10.1. The molecule has 0 aliphatic heterocycles. The van der Waals surface area contributed by atoms with Crippen molar-refractivity contribution in [2.45, 2.75) is 6.54 Å². The van der Waals surface area contributed by atoms with E-state index in [0.29, 0.717) is 15.7 Å². The maximum Gasteiger partial charge on any atom is 0.270 e. The summed E-state index contributed by atoms with van der Waals surface area (Å²) in [6.45, 7) is 0.330. The van der Waals surface area contributed by atoms with Crippen molar-refractivity contribution in [1.29, 1.82) is 0 Å². The number of nitrogens with zero attached hydrogens (tertiary/aromatic N) is 3. The van der Waals surface area contributed by atoms with Gasteiger partial charge in [-0.1, -0.05) is 12.1 Å². The quantitative estimate of drug-likeness (QED) is 0.369. The van der Waals surface area contributed by atoms with Crippen molar-refractivity contribution < 1.29 is 9.72 Å². The first-order chi connectivity index (χ1) is 12.0. The number of hydrogen-bond acceptors (Lipinski definition) is 4. The number of aromatic nitrogens is 2. The normalized spacial score (nSPS) is 10.4. The molecule has 0 saturated heterocycles. The molecule has 0 atom stereocenters. The summed E-state index contributed by atoms with van der Waals surface area (Å²) in [7, 11) is 0. The van der Waals surface area contributed by atoms with Gasteiger partial charge in [-0.15, -0.1) is 0 Å². The van der Waals surface area contributed by atoms with Crippen LogP contribution in [0.15, 0.2) is 60.9 Å². The van der Waals surface area contributed by atoms with Gasteiger partial charge in [0.15, 0.2) is 0 Å². The number of nitro benzene ring substituents is 1. The molecule has 8 heteroatoms. The van der Waals surface area contributed by atoms with Crippen LogP contribution in [-0.2, 0) is 6.54 Å². The Labute approximate surface area is 157 Å². The molecule has 7 nitrogen and oxygen atoms in total. The second kappa shape index (κ2) is 7.43. The number of benzene rings is 2. The molecule has 25 heavy (non-hydrogen) atoms. The number of hydrogen-bond donors (Lipinski definition) is 1. The lowest BCUT2D eigenvalue weighted by molar-refractivity contribution is -0.384.